The highest BCUT2D eigenvalue weighted by atomic mass is 16.7. The monoisotopic (exact) mass is 532 g/mol. The molecule has 1 aliphatic heterocycles. The number of rotatable bonds is 5. The zero-order valence-corrected chi connectivity index (χ0v) is 25.7. The topological polar surface area (TPSA) is 18.5 Å². The van der Waals surface area contributed by atoms with Gasteiger partial charge in [0.15, 0.2) is 6.29 Å². The summed E-state index contributed by atoms with van der Waals surface area (Å²) in [4.78, 5) is 0. The Morgan fingerprint density at radius 2 is 1.10 bits per heavy atom. The van der Waals surface area contributed by atoms with Crippen LogP contribution in [0.4, 0.5) is 0 Å². The van der Waals surface area contributed by atoms with E-state index in [0.29, 0.717) is 13.2 Å². The van der Waals surface area contributed by atoms with E-state index in [1.807, 2.05) is 0 Å². The molecule has 0 atom stereocenters. The number of benzene rings is 2. The number of hydrogen-bond donors (Lipinski definition) is 0. The third-order valence-corrected chi connectivity index (χ3v) is 5.86. The molecule has 2 aromatic rings. The fourth-order valence-corrected chi connectivity index (χ4v) is 4.06. The summed E-state index contributed by atoms with van der Waals surface area (Å²) in [5, 5.41) is 0. The van der Waals surface area contributed by atoms with Crippen molar-refractivity contribution in [1.29, 1.82) is 0 Å². The van der Waals surface area contributed by atoms with Crippen molar-refractivity contribution in [2.75, 3.05) is 13.2 Å². The van der Waals surface area contributed by atoms with Gasteiger partial charge < -0.3 is 9.47 Å². The first kappa shape index (κ1) is 31.1. The lowest BCUT2D eigenvalue weighted by atomic mass is 9.90. The Kier molecular flexibility index (Phi) is 11.1. The third-order valence-electron chi connectivity index (χ3n) is 5.86. The lowest BCUT2D eigenvalue weighted by molar-refractivity contribution is -0.0444. The van der Waals surface area contributed by atoms with Crippen LogP contribution in [0, 0.1) is 58.2 Å². The molecule has 208 valence electrons. The Morgan fingerprint density at radius 1 is 0.650 bits per heavy atom. The lowest BCUT2D eigenvalue weighted by Gasteiger charge is -2.17. The van der Waals surface area contributed by atoms with Gasteiger partial charge in [-0.2, -0.15) is 0 Å². The van der Waals surface area contributed by atoms with Crippen molar-refractivity contribution in [2.45, 2.75) is 93.8 Å². The van der Waals surface area contributed by atoms with Crippen LogP contribution in [0.15, 0.2) is 30.3 Å². The summed E-state index contributed by atoms with van der Waals surface area (Å²) >= 11 is 0. The number of ether oxygens (including phenoxy) is 2. The van der Waals surface area contributed by atoms with E-state index in [2.05, 4.69) is 133 Å². The Labute approximate surface area is 243 Å². The number of hydrogen-bond acceptors (Lipinski definition) is 2. The van der Waals surface area contributed by atoms with E-state index in [1.165, 1.54) is 5.56 Å². The van der Waals surface area contributed by atoms with Crippen molar-refractivity contribution in [2.24, 2.45) is 10.8 Å². The molecule has 2 aromatic carbocycles. The fraction of sp³-hybridized carbons (Fsp3) is 0.474. The molecular weight excluding hydrogens is 488 g/mol. The van der Waals surface area contributed by atoms with Gasteiger partial charge in [0.2, 0.25) is 0 Å². The molecule has 0 aromatic heterocycles. The molecule has 1 aliphatic rings. The van der Waals surface area contributed by atoms with Crippen molar-refractivity contribution < 1.29 is 9.47 Å². The average molecular weight is 533 g/mol. The Balaban J connectivity index is 2.17. The van der Waals surface area contributed by atoms with Crippen LogP contribution in [0.5, 0.6) is 0 Å². The summed E-state index contributed by atoms with van der Waals surface area (Å²) < 4.78 is 12.0. The van der Waals surface area contributed by atoms with Crippen LogP contribution in [0.1, 0.15) is 126 Å². The maximum Gasteiger partial charge on any atom is 0.186 e. The van der Waals surface area contributed by atoms with E-state index in [-0.39, 0.29) is 10.8 Å². The highest BCUT2D eigenvalue weighted by Gasteiger charge is 2.25. The molecule has 0 aliphatic carbocycles. The first-order chi connectivity index (χ1) is 19.0. The minimum Gasteiger partial charge on any atom is -0.346 e. The first-order valence-corrected chi connectivity index (χ1v) is 14.6. The fourth-order valence-electron chi connectivity index (χ4n) is 4.06. The summed E-state index contributed by atoms with van der Waals surface area (Å²) in [5.74, 6) is 27.1. The molecular formula is C38H44O2. The zero-order valence-electron chi connectivity index (χ0n) is 25.7. The highest BCUT2D eigenvalue weighted by molar-refractivity contribution is 5.56. The quantitative estimate of drug-likeness (QED) is 0.360. The van der Waals surface area contributed by atoms with Gasteiger partial charge in [-0.25, -0.2) is 0 Å². The molecule has 0 amide bonds. The molecule has 0 radical (unpaired) electrons. The zero-order chi connectivity index (χ0) is 29.2. The third kappa shape index (κ3) is 10.3. The molecule has 0 unspecified atom stereocenters. The van der Waals surface area contributed by atoms with Crippen molar-refractivity contribution >= 4 is 0 Å². The van der Waals surface area contributed by atoms with Crippen LogP contribution in [-0.2, 0) is 15.9 Å². The van der Waals surface area contributed by atoms with Gasteiger partial charge in [0.25, 0.3) is 0 Å². The van der Waals surface area contributed by atoms with E-state index >= 15 is 0 Å². The van der Waals surface area contributed by atoms with Crippen molar-refractivity contribution in [3.05, 3.63) is 69.3 Å². The second kappa shape index (κ2) is 14.3. The maximum atomic E-state index is 5.98. The largest absolute Gasteiger partial charge is 0.346 e. The van der Waals surface area contributed by atoms with E-state index in [9.17, 15) is 0 Å². The molecule has 2 heteroatoms. The van der Waals surface area contributed by atoms with Crippen LogP contribution in [0.2, 0.25) is 0 Å². The summed E-state index contributed by atoms with van der Waals surface area (Å²) in [6, 6.07) is 10.8. The molecule has 0 saturated carbocycles. The van der Waals surface area contributed by atoms with Gasteiger partial charge in [-0.1, -0.05) is 61.2 Å². The normalized spacial score (nSPS) is 13.2. The van der Waals surface area contributed by atoms with Crippen LogP contribution in [0.25, 0.3) is 0 Å². The smallest absolute Gasteiger partial charge is 0.186 e. The Bertz CT molecular complexity index is 1330. The first-order valence-electron chi connectivity index (χ1n) is 14.6. The summed E-state index contributed by atoms with van der Waals surface area (Å²) in [6.45, 7) is 18.2. The minimum absolute atomic E-state index is 0.139. The molecule has 0 N–H and O–H groups in total. The standard InChI is InChI=1S/C38H44O2/c1-9-11-13-15-29-23-30(16-14-12-10-2)25-31(24-29)26-32-27-33(17-19-37(3,4)5)35(36-39-21-22-40-36)34(28-32)18-20-38(6,7)8/h23-25,27-28,36H,9-12,21-22,26H2,1-8H3. The van der Waals surface area contributed by atoms with Gasteiger partial charge in [-0.3, -0.25) is 0 Å². The Morgan fingerprint density at radius 3 is 1.52 bits per heavy atom. The van der Waals surface area contributed by atoms with E-state index in [1.54, 1.807) is 0 Å². The SMILES string of the molecule is CCCC#Cc1cc(C#CCCC)cc(Cc2cc(C#CC(C)(C)C)c(C3OCCO3)c(C#CC(C)(C)C)c2)c1. The van der Waals surface area contributed by atoms with E-state index < -0.39 is 6.29 Å². The van der Waals surface area contributed by atoms with Crippen molar-refractivity contribution in [3.63, 3.8) is 0 Å². The molecule has 2 nitrogen and oxygen atoms in total. The van der Waals surface area contributed by atoms with Gasteiger partial charge in [0.1, 0.15) is 0 Å². The molecule has 1 fully saturated rings. The highest BCUT2D eigenvalue weighted by Crippen LogP contribution is 2.32. The van der Waals surface area contributed by atoms with E-state index in [4.69, 9.17) is 9.47 Å². The lowest BCUT2D eigenvalue weighted by Crippen LogP contribution is -2.08. The Hall–Kier alpha value is -3.40. The summed E-state index contributed by atoms with van der Waals surface area (Å²) in [5.41, 5.74) is 6.82. The number of unbranched alkanes of at least 4 members (excludes halogenated alkanes) is 2. The van der Waals surface area contributed by atoms with Gasteiger partial charge >= 0.3 is 0 Å². The molecule has 40 heavy (non-hydrogen) atoms. The van der Waals surface area contributed by atoms with Crippen LogP contribution in [0.3, 0.4) is 0 Å². The van der Waals surface area contributed by atoms with Crippen molar-refractivity contribution in [3.8, 4) is 47.4 Å². The molecule has 0 bridgehead atoms. The molecule has 0 spiro atoms. The predicted octanol–water partition coefficient (Wildman–Crippen LogP) is 8.42. The van der Waals surface area contributed by atoms with E-state index in [0.717, 1.165) is 65.5 Å². The average Bonchev–Trinajstić information content (AvgIpc) is 3.40. The second-order valence-corrected chi connectivity index (χ2v) is 12.4. The summed E-state index contributed by atoms with van der Waals surface area (Å²) in [6.07, 6.45) is 4.15. The van der Waals surface area contributed by atoms with Crippen LogP contribution >= 0.6 is 0 Å². The van der Waals surface area contributed by atoms with Crippen molar-refractivity contribution in [1.82, 2.24) is 0 Å². The second-order valence-electron chi connectivity index (χ2n) is 12.4. The van der Waals surface area contributed by atoms with Gasteiger partial charge in [0.05, 0.1) is 13.2 Å². The molecule has 1 heterocycles. The van der Waals surface area contributed by atoms with Gasteiger partial charge in [0, 0.05) is 51.5 Å². The van der Waals surface area contributed by atoms with Gasteiger partial charge in [-0.05, 0) is 102 Å². The maximum absolute atomic E-state index is 5.98. The molecule has 3 rings (SSSR count). The van der Waals surface area contributed by atoms with Crippen LogP contribution < -0.4 is 0 Å². The predicted molar refractivity (Wildman–Crippen MR) is 167 cm³/mol. The van der Waals surface area contributed by atoms with Crippen LogP contribution in [-0.4, -0.2) is 13.2 Å². The van der Waals surface area contributed by atoms with Gasteiger partial charge in [-0.15, -0.1) is 0 Å². The minimum atomic E-state index is -0.458. The summed E-state index contributed by atoms with van der Waals surface area (Å²) in [7, 11) is 0. The molecule has 1 saturated heterocycles.